The smallest absolute Gasteiger partial charge is 0.0953 e. The first-order chi connectivity index (χ1) is 9.28. The number of nitrogens with one attached hydrogen (secondary N) is 1. The molecule has 100 valence electrons. The van der Waals surface area contributed by atoms with Crippen LogP contribution in [-0.4, -0.2) is 24.2 Å². The van der Waals surface area contributed by atoms with Crippen LogP contribution in [0.15, 0.2) is 30.5 Å². The summed E-state index contributed by atoms with van der Waals surface area (Å²) >= 11 is 0. The van der Waals surface area contributed by atoms with E-state index >= 15 is 0 Å². The van der Waals surface area contributed by atoms with Gasteiger partial charge in [-0.2, -0.15) is 0 Å². The van der Waals surface area contributed by atoms with Gasteiger partial charge in [-0.3, -0.25) is 4.98 Å². The quantitative estimate of drug-likeness (QED) is 0.830. The Hall–Kier alpha value is -1.81. The third kappa shape index (κ3) is 2.36. The summed E-state index contributed by atoms with van der Waals surface area (Å²) in [5.74, 6) is 0. The molecule has 19 heavy (non-hydrogen) atoms. The van der Waals surface area contributed by atoms with Gasteiger partial charge in [-0.1, -0.05) is 0 Å². The van der Waals surface area contributed by atoms with Gasteiger partial charge in [0.25, 0.3) is 0 Å². The molecule has 0 bridgehead atoms. The molecule has 0 saturated heterocycles. The van der Waals surface area contributed by atoms with Crippen molar-refractivity contribution >= 4 is 22.3 Å². The molecule has 4 heteroatoms. The van der Waals surface area contributed by atoms with Gasteiger partial charge in [0, 0.05) is 30.4 Å². The number of nitrogens with zero attached hydrogens (tertiary/aromatic N) is 1. The van der Waals surface area contributed by atoms with E-state index in [0.29, 0.717) is 12.1 Å². The molecule has 3 N–H and O–H groups in total. The maximum Gasteiger partial charge on any atom is 0.0953 e. The minimum absolute atomic E-state index is 0.380. The Bertz CT molecular complexity index is 585. The van der Waals surface area contributed by atoms with E-state index in [1.54, 1.807) is 13.3 Å². The summed E-state index contributed by atoms with van der Waals surface area (Å²) in [6.45, 7) is 0. The van der Waals surface area contributed by atoms with E-state index in [0.717, 1.165) is 41.5 Å². The second-order valence-corrected chi connectivity index (χ2v) is 5.11. The number of aromatic nitrogens is 1. The first kappa shape index (κ1) is 12.2. The summed E-state index contributed by atoms with van der Waals surface area (Å²) in [5, 5.41) is 4.59. The molecule has 2 unspecified atom stereocenters. The van der Waals surface area contributed by atoms with Crippen LogP contribution in [0.4, 0.5) is 11.4 Å². The lowest BCUT2D eigenvalue weighted by molar-refractivity contribution is 0.108. The van der Waals surface area contributed by atoms with E-state index in [4.69, 9.17) is 10.5 Å². The number of fused-ring (bicyclic) bond motifs is 1. The Morgan fingerprint density at radius 3 is 3.00 bits per heavy atom. The lowest BCUT2D eigenvalue weighted by Gasteiger charge is -2.16. The van der Waals surface area contributed by atoms with Crippen molar-refractivity contribution in [3.63, 3.8) is 0 Å². The highest BCUT2D eigenvalue weighted by Crippen LogP contribution is 2.30. The number of benzene rings is 1. The Balaban J connectivity index is 1.87. The summed E-state index contributed by atoms with van der Waals surface area (Å²) < 4.78 is 5.41. The summed E-state index contributed by atoms with van der Waals surface area (Å²) in [6.07, 6.45) is 5.49. The number of rotatable bonds is 3. The highest BCUT2D eigenvalue weighted by Gasteiger charge is 2.24. The first-order valence-corrected chi connectivity index (χ1v) is 6.70. The summed E-state index contributed by atoms with van der Waals surface area (Å²) in [5.41, 5.74) is 8.77. The topological polar surface area (TPSA) is 60.2 Å². The molecule has 3 rings (SSSR count). The monoisotopic (exact) mass is 257 g/mol. The minimum Gasteiger partial charge on any atom is -0.398 e. The van der Waals surface area contributed by atoms with Crippen LogP contribution in [0.1, 0.15) is 19.3 Å². The van der Waals surface area contributed by atoms with Gasteiger partial charge in [0.1, 0.15) is 0 Å². The van der Waals surface area contributed by atoms with Gasteiger partial charge in [-0.25, -0.2) is 0 Å². The number of nitrogens with two attached hydrogens (primary N) is 1. The van der Waals surface area contributed by atoms with Gasteiger partial charge in [0.15, 0.2) is 0 Å². The minimum atomic E-state index is 0.380. The fourth-order valence-corrected chi connectivity index (χ4v) is 2.82. The molecular weight excluding hydrogens is 238 g/mol. The SMILES string of the molecule is COC1CCC(Nc2ccc(N)c3cccnc23)C1. The Kier molecular flexibility index (Phi) is 3.25. The lowest BCUT2D eigenvalue weighted by atomic mass is 10.1. The maximum absolute atomic E-state index is 5.99. The molecule has 0 aliphatic heterocycles. The van der Waals surface area contributed by atoms with E-state index in [9.17, 15) is 0 Å². The number of methoxy groups -OCH3 is 1. The van der Waals surface area contributed by atoms with Crippen LogP contribution in [-0.2, 0) is 4.74 Å². The van der Waals surface area contributed by atoms with Crippen molar-refractivity contribution in [2.45, 2.75) is 31.4 Å². The molecule has 1 heterocycles. The van der Waals surface area contributed by atoms with Crippen LogP contribution in [0.25, 0.3) is 10.9 Å². The number of pyridine rings is 1. The fourth-order valence-electron chi connectivity index (χ4n) is 2.82. The van der Waals surface area contributed by atoms with Crippen molar-refractivity contribution < 1.29 is 4.74 Å². The average Bonchev–Trinajstić information content (AvgIpc) is 2.90. The van der Waals surface area contributed by atoms with Gasteiger partial charge in [0.05, 0.1) is 17.3 Å². The van der Waals surface area contributed by atoms with Crippen molar-refractivity contribution in [3.05, 3.63) is 30.5 Å². The molecule has 1 saturated carbocycles. The predicted molar refractivity (Wildman–Crippen MR) is 78.2 cm³/mol. The van der Waals surface area contributed by atoms with Crippen LogP contribution in [0.3, 0.4) is 0 Å². The van der Waals surface area contributed by atoms with Crippen LogP contribution in [0, 0.1) is 0 Å². The van der Waals surface area contributed by atoms with E-state index in [-0.39, 0.29) is 0 Å². The highest BCUT2D eigenvalue weighted by molar-refractivity contribution is 5.98. The summed E-state index contributed by atoms with van der Waals surface area (Å²) in [6, 6.07) is 8.34. The first-order valence-electron chi connectivity index (χ1n) is 6.70. The standard InChI is InChI=1S/C15H19N3O/c1-19-11-5-4-10(9-11)18-14-7-6-13(16)12-3-2-8-17-15(12)14/h2-3,6-8,10-11,18H,4-5,9,16H2,1H3. The lowest BCUT2D eigenvalue weighted by Crippen LogP contribution is -2.17. The van der Waals surface area contributed by atoms with Gasteiger partial charge >= 0.3 is 0 Å². The zero-order valence-corrected chi connectivity index (χ0v) is 11.1. The number of hydrogen-bond acceptors (Lipinski definition) is 4. The third-order valence-electron chi connectivity index (χ3n) is 3.88. The normalized spacial score (nSPS) is 22.8. The van der Waals surface area contributed by atoms with Crippen molar-refractivity contribution in [2.24, 2.45) is 0 Å². The number of anilines is 2. The van der Waals surface area contributed by atoms with Gasteiger partial charge < -0.3 is 15.8 Å². The van der Waals surface area contributed by atoms with E-state index in [1.165, 1.54) is 0 Å². The average molecular weight is 257 g/mol. The molecular formula is C15H19N3O. The van der Waals surface area contributed by atoms with Gasteiger partial charge in [0.2, 0.25) is 0 Å². The van der Waals surface area contributed by atoms with Crippen molar-refractivity contribution in [1.29, 1.82) is 0 Å². The van der Waals surface area contributed by atoms with Crippen LogP contribution in [0.2, 0.25) is 0 Å². The molecule has 1 aliphatic carbocycles. The van der Waals surface area contributed by atoms with Crippen molar-refractivity contribution in [3.8, 4) is 0 Å². The second kappa shape index (κ2) is 5.05. The molecule has 0 spiro atoms. The highest BCUT2D eigenvalue weighted by atomic mass is 16.5. The summed E-state index contributed by atoms with van der Waals surface area (Å²) in [4.78, 5) is 4.45. The largest absolute Gasteiger partial charge is 0.398 e. The number of hydrogen-bond donors (Lipinski definition) is 2. The predicted octanol–water partition coefficient (Wildman–Crippen LogP) is 2.80. The number of ether oxygens (including phenoxy) is 1. The fraction of sp³-hybridized carbons (Fsp3) is 0.400. The van der Waals surface area contributed by atoms with Crippen LogP contribution in [0.5, 0.6) is 0 Å². The molecule has 1 aromatic carbocycles. The Morgan fingerprint density at radius 1 is 1.32 bits per heavy atom. The molecule has 2 aromatic rings. The van der Waals surface area contributed by atoms with E-state index in [2.05, 4.69) is 10.3 Å². The van der Waals surface area contributed by atoms with Crippen molar-refractivity contribution in [2.75, 3.05) is 18.2 Å². The molecule has 0 radical (unpaired) electrons. The van der Waals surface area contributed by atoms with E-state index in [1.807, 2.05) is 24.3 Å². The van der Waals surface area contributed by atoms with Crippen molar-refractivity contribution in [1.82, 2.24) is 4.98 Å². The summed E-state index contributed by atoms with van der Waals surface area (Å²) in [7, 11) is 1.78. The third-order valence-corrected chi connectivity index (χ3v) is 3.88. The molecule has 1 aliphatic rings. The molecule has 4 nitrogen and oxygen atoms in total. The molecule has 2 atom stereocenters. The van der Waals surface area contributed by atoms with Gasteiger partial charge in [-0.05, 0) is 43.5 Å². The van der Waals surface area contributed by atoms with E-state index < -0.39 is 0 Å². The Labute approximate surface area is 113 Å². The molecule has 1 fully saturated rings. The second-order valence-electron chi connectivity index (χ2n) is 5.11. The number of nitrogen functional groups attached to an aromatic ring is 1. The zero-order chi connectivity index (χ0) is 13.2. The van der Waals surface area contributed by atoms with Crippen LogP contribution < -0.4 is 11.1 Å². The maximum atomic E-state index is 5.99. The van der Waals surface area contributed by atoms with Crippen LogP contribution >= 0.6 is 0 Å². The molecule has 1 aromatic heterocycles. The molecule has 0 amide bonds. The Morgan fingerprint density at radius 2 is 2.21 bits per heavy atom. The zero-order valence-electron chi connectivity index (χ0n) is 11.1. The van der Waals surface area contributed by atoms with Gasteiger partial charge in [-0.15, -0.1) is 0 Å².